The SMILES string of the molecule is CCN(CC)c1ccc(C=CC2=[N+](CCCCC3CCCC3)c3ccc4ccccc4c3C2(C)Cc2ccc[nH]2)cc1. The third-order valence-electron chi connectivity index (χ3n) is 9.99. The lowest BCUT2D eigenvalue weighted by molar-refractivity contribution is -0.438. The van der Waals surface area contributed by atoms with Gasteiger partial charge in [-0.2, -0.15) is 4.58 Å². The molecule has 1 unspecified atom stereocenters. The van der Waals surface area contributed by atoms with Crippen molar-refractivity contribution in [1.82, 2.24) is 4.98 Å². The van der Waals surface area contributed by atoms with Crippen LogP contribution in [0.4, 0.5) is 11.4 Å². The number of aromatic nitrogens is 1. The Kier molecular flexibility index (Phi) is 8.65. The zero-order valence-electron chi connectivity index (χ0n) is 25.9. The van der Waals surface area contributed by atoms with Crippen molar-refractivity contribution >= 4 is 33.9 Å². The van der Waals surface area contributed by atoms with Gasteiger partial charge in [0.2, 0.25) is 5.69 Å². The Morgan fingerprint density at radius 1 is 0.881 bits per heavy atom. The molecule has 2 aliphatic rings. The van der Waals surface area contributed by atoms with Crippen LogP contribution in [-0.2, 0) is 11.8 Å². The molecule has 1 fully saturated rings. The molecule has 1 aliphatic carbocycles. The topological polar surface area (TPSA) is 22.0 Å². The second-order valence-electron chi connectivity index (χ2n) is 12.7. The lowest BCUT2D eigenvalue weighted by Gasteiger charge is -2.23. The Balaban J connectivity index is 1.39. The maximum absolute atomic E-state index is 3.53. The number of allylic oxidation sites excluding steroid dienone is 1. The number of benzene rings is 3. The van der Waals surface area contributed by atoms with Gasteiger partial charge in [0, 0.05) is 61.2 Å². The Morgan fingerprint density at radius 3 is 2.40 bits per heavy atom. The molecule has 218 valence electrons. The molecule has 1 aromatic heterocycles. The third kappa shape index (κ3) is 5.71. The molecule has 1 atom stereocenters. The normalized spacial score (nSPS) is 18.9. The fourth-order valence-corrected chi connectivity index (χ4v) is 7.73. The monoisotopic (exact) mass is 558 g/mol. The number of anilines is 1. The molecule has 0 amide bonds. The van der Waals surface area contributed by atoms with Crippen molar-refractivity contribution in [3.05, 3.63) is 102 Å². The van der Waals surface area contributed by atoms with E-state index < -0.39 is 0 Å². The number of H-pyrrole nitrogens is 1. The van der Waals surface area contributed by atoms with Crippen LogP contribution in [0.2, 0.25) is 0 Å². The summed E-state index contributed by atoms with van der Waals surface area (Å²) < 4.78 is 2.67. The number of nitrogens with zero attached hydrogens (tertiary/aromatic N) is 2. The average Bonchev–Trinajstić information content (AvgIpc) is 3.77. The molecule has 1 N–H and O–H groups in total. The van der Waals surface area contributed by atoms with Crippen molar-refractivity contribution in [3.8, 4) is 0 Å². The molecule has 4 aromatic rings. The van der Waals surface area contributed by atoms with Gasteiger partial charge in [-0.15, -0.1) is 0 Å². The van der Waals surface area contributed by atoms with Gasteiger partial charge in [-0.05, 0) is 85.9 Å². The fourth-order valence-electron chi connectivity index (χ4n) is 7.73. The summed E-state index contributed by atoms with van der Waals surface area (Å²) >= 11 is 0. The molecule has 3 nitrogen and oxygen atoms in total. The van der Waals surface area contributed by atoms with Gasteiger partial charge in [0.05, 0.1) is 5.41 Å². The summed E-state index contributed by atoms with van der Waals surface area (Å²) in [4.78, 5) is 5.93. The number of nitrogens with one attached hydrogen (secondary N) is 1. The van der Waals surface area contributed by atoms with Crippen LogP contribution in [0.25, 0.3) is 16.8 Å². The van der Waals surface area contributed by atoms with E-state index in [0.717, 1.165) is 32.0 Å². The molecule has 1 saturated carbocycles. The lowest BCUT2D eigenvalue weighted by atomic mass is 9.74. The van der Waals surface area contributed by atoms with Crippen LogP contribution in [0.15, 0.2) is 85.1 Å². The molecular weight excluding hydrogens is 510 g/mol. The van der Waals surface area contributed by atoms with Crippen LogP contribution in [0.1, 0.15) is 82.5 Å². The summed E-state index contributed by atoms with van der Waals surface area (Å²) in [6, 6.07) is 27.1. The highest BCUT2D eigenvalue weighted by Crippen LogP contribution is 2.46. The van der Waals surface area contributed by atoms with Crippen molar-refractivity contribution in [2.24, 2.45) is 5.92 Å². The zero-order chi connectivity index (χ0) is 28.9. The minimum Gasteiger partial charge on any atom is -0.372 e. The van der Waals surface area contributed by atoms with Gasteiger partial charge in [-0.1, -0.05) is 68.5 Å². The number of hydrogen-bond donors (Lipinski definition) is 1. The second kappa shape index (κ2) is 12.7. The maximum Gasteiger partial charge on any atom is 0.210 e. The molecule has 0 radical (unpaired) electrons. The highest BCUT2D eigenvalue weighted by molar-refractivity contribution is 6.09. The van der Waals surface area contributed by atoms with Crippen LogP contribution in [-0.4, -0.2) is 34.9 Å². The third-order valence-corrected chi connectivity index (χ3v) is 9.99. The molecule has 0 bridgehead atoms. The molecule has 1 aliphatic heterocycles. The molecule has 3 heteroatoms. The van der Waals surface area contributed by atoms with Gasteiger partial charge in [0.25, 0.3) is 0 Å². The fraction of sp³-hybridized carbons (Fsp3) is 0.410. The number of unbranched alkanes of at least 4 members (excludes halogenated alkanes) is 1. The molecule has 0 saturated heterocycles. The van der Waals surface area contributed by atoms with E-state index in [-0.39, 0.29) is 5.41 Å². The molecule has 2 heterocycles. The molecule has 3 aromatic carbocycles. The van der Waals surface area contributed by atoms with Gasteiger partial charge in [0.15, 0.2) is 5.71 Å². The van der Waals surface area contributed by atoms with E-state index in [4.69, 9.17) is 0 Å². The first-order chi connectivity index (χ1) is 20.6. The number of hydrogen-bond acceptors (Lipinski definition) is 1. The van der Waals surface area contributed by atoms with E-state index in [9.17, 15) is 0 Å². The van der Waals surface area contributed by atoms with Crippen LogP contribution >= 0.6 is 0 Å². The van der Waals surface area contributed by atoms with Gasteiger partial charge in [-0.25, -0.2) is 0 Å². The molecule has 42 heavy (non-hydrogen) atoms. The summed E-state index contributed by atoms with van der Waals surface area (Å²) in [6.45, 7) is 10.1. The van der Waals surface area contributed by atoms with E-state index >= 15 is 0 Å². The van der Waals surface area contributed by atoms with Crippen molar-refractivity contribution in [2.75, 3.05) is 24.5 Å². The van der Waals surface area contributed by atoms with Gasteiger partial charge < -0.3 is 9.88 Å². The van der Waals surface area contributed by atoms with Crippen LogP contribution in [0, 0.1) is 5.92 Å². The summed E-state index contributed by atoms with van der Waals surface area (Å²) in [6.07, 6.45) is 17.5. The smallest absolute Gasteiger partial charge is 0.210 e. The first kappa shape index (κ1) is 28.5. The highest BCUT2D eigenvalue weighted by Gasteiger charge is 2.48. The number of fused-ring (bicyclic) bond motifs is 3. The summed E-state index contributed by atoms with van der Waals surface area (Å²) in [5, 5.41) is 2.71. The molecule has 6 rings (SSSR count). The van der Waals surface area contributed by atoms with E-state index in [1.165, 1.54) is 89.6 Å². The molecular formula is C39H48N3+. The van der Waals surface area contributed by atoms with Crippen molar-refractivity contribution < 1.29 is 4.58 Å². The van der Waals surface area contributed by atoms with E-state index in [0.29, 0.717) is 0 Å². The first-order valence-corrected chi connectivity index (χ1v) is 16.4. The number of aromatic amines is 1. The highest BCUT2D eigenvalue weighted by atomic mass is 15.1. The predicted molar refractivity (Wildman–Crippen MR) is 180 cm³/mol. The van der Waals surface area contributed by atoms with Crippen LogP contribution in [0.5, 0.6) is 0 Å². The standard InChI is InChI=1S/C39H48N3/c1-4-41(5-2)34-23-19-31(20-24-34)21-26-37-39(3,29-33-17-12-27-40-33)38-35-18-9-8-16-32(35)22-25-36(38)42(37)28-11-10-15-30-13-6-7-14-30/h8-9,12,16-27,30,40H,4-7,10-11,13-15,28-29H2,1-3H3/q+1. The van der Waals surface area contributed by atoms with Crippen molar-refractivity contribution in [2.45, 2.75) is 77.6 Å². The minimum absolute atomic E-state index is 0.149. The minimum atomic E-state index is -0.149. The predicted octanol–water partition coefficient (Wildman–Crippen LogP) is 9.69. The Bertz CT molecular complexity index is 1530. The summed E-state index contributed by atoms with van der Waals surface area (Å²) in [5.41, 5.74) is 7.96. The second-order valence-corrected chi connectivity index (χ2v) is 12.7. The van der Waals surface area contributed by atoms with Gasteiger partial charge in [-0.3, -0.25) is 0 Å². The quantitative estimate of drug-likeness (QED) is 0.136. The first-order valence-electron chi connectivity index (χ1n) is 16.4. The van der Waals surface area contributed by atoms with Crippen molar-refractivity contribution in [1.29, 1.82) is 0 Å². The zero-order valence-corrected chi connectivity index (χ0v) is 25.9. The van der Waals surface area contributed by atoms with Crippen molar-refractivity contribution in [3.63, 3.8) is 0 Å². The Hall–Kier alpha value is -3.59. The number of rotatable bonds is 12. The van der Waals surface area contributed by atoms with Crippen LogP contribution in [0.3, 0.4) is 0 Å². The molecule has 0 spiro atoms. The summed E-state index contributed by atoms with van der Waals surface area (Å²) in [7, 11) is 0. The Labute approximate surface area is 253 Å². The van der Waals surface area contributed by atoms with E-state index in [1.54, 1.807) is 0 Å². The van der Waals surface area contributed by atoms with Gasteiger partial charge >= 0.3 is 0 Å². The Morgan fingerprint density at radius 2 is 1.67 bits per heavy atom. The largest absolute Gasteiger partial charge is 0.372 e. The van der Waals surface area contributed by atoms with E-state index in [2.05, 4.69) is 126 Å². The summed E-state index contributed by atoms with van der Waals surface area (Å²) in [5.74, 6) is 0.959. The van der Waals surface area contributed by atoms with Gasteiger partial charge in [0.1, 0.15) is 6.54 Å². The average molecular weight is 559 g/mol. The van der Waals surface area contributed by atoms with Crippen LogP contribution < -0.4 is 4.90 Å². The van der Waals surface area contributed by atoms with E-state index in [1.807, 2.05) is 0 Å². The lowest BCUT2D eigenvalue weighted by Crippen LogP contribution is -2.34. The maximum atomic E-state index is 3.53.